The van der Waals surface area contributed by atoms with Gasteiger partial charge >= 0.3 is 0 Å². The van der Waals surface area contributed by atoms with Gasteiger partial charge in [0, 0.05) is 23.4 Å². The molecule has 184 valence electrons. The van der Waals surface area contributed by atoms with Gasteiger partial charge in [-0.3, -0.25) is 9.59 Å². The van der Waals surface area contributed by atoms with Crippen LogP contribution < -0.4 is 16.4 Å². The van der Waals surface area contributed by atoms with Crippen molar-refractivity contribution in [3.05, 3.63) is 53.9 Å². The van der Waals surface area contributed by atoms with Gasteiger partial charge in [-0.1, -0.05) is 37.3 Å². The number of nitrogens with two attached hydrogens (primary N) is 1. The van der Waals surface area contributed by atoms with Crippen LogP contribution in [0.25, 0.3) is 0 Å². The van der Waals surface area contributed by atoms with E-state index in [9.17, 15) is 9.59 Å². The van der Waals surface area contributed by atoms with Crippen molar-refractivity contribution in [3.8, 4) is 0 Å². The van der Waals surface area contributed by atoms with Crippen LogP contribution in [0.3, 0.4) is 0 Å². The molecule has 0 fully saturated rings. The summed E-state index contributed by atoms with van der Waals surface area (Å²) in [7, 11) is 0. The highest BCUT2D eigenvalue weighted by molar-refractivity contribution is 7.98. The first kappa shape index (κ1) is 25.9. The zero-order valence-corrected chi connectivity index (χ0v) is 20.8. The highest BCUT2D eigenvalue weighted by Crippen LogP contribution is 2.23. The van der Waals surface area contributed by atoms with Crippen LogP contribution >= 0.6 is 11.8 Å². The van der Waals surface area contributed by atoms with Gasteiger partial charge in [-0.05, 0) is 37.5 Å². The average molecular weight is 487 g/mol. The lowest BCUT2D eigenvalue weighted by atomic mass is 9.87. The summed E-state index contributed by atoms with van der Waals surface area (Å²) in [6.45, 7) is 5.81. The minimum atomic E-state index is -0.464. The summed E-state index contributed by atoms with van der Waals surface area (Å²) in [5.74, 6) is 0.237. The second-order valence-electron chi connectivity index (χ2n) is 8.34. The van der Waals surface area contributed by atoms with Crippen LogP contribution in [-0.2, 0) is 26.7 Å². The Hall–Kier alpha value is -2.69. The Morgan fingerprint density at radius 3 is 2.68 bits per heavy atom. The Bertz CT molecular complexity index is 976. The Labute approximate surface area is 204 Å². The lowest BCUT2D eigenvalue weighted by molar-refractivity contribution is -0.121. The van der Waals surface area contributed by atoms with Crippen LogP contribution in [0.1, 0.15) is 45.7 Å². The van der Waals surface area contributed by atoms with E-state index in [1.165, 1.54) is 6.92 Å². The van der Waals surface area contributed by atoms with Crippen molar-refractivity contribution < 1.29 is 14.3 Å². The molecule has 1 heterocycles. The molecule has 2 amide bonds. The number of hydrogen-bond acceptors (Lipinski definition) is 7. The molecule has 1 aliphatic carbocycles. The molecular weight excluding hydrogens is 452 g/mol. The monoisotopic (exact) mass is 486 g/mol. The molecule has 34 heavy (non-hydrogen) atoms. The van der Waals surface area contributed by atoms with Crippen LogP contribution in [0.2, 0.25) is 0 Å². The maximum Gasteiger partial charge on any atom is 0.247 e. The molecule has 0 bridgehead atoms. The molecule has 4 N–H and O–H groups in total. The summed E-state index contributed by atoms with van der Waals surface area (Å²) in [6.07, 6.45) is 5.20. The zero-order chi connectivity index (χ0) is 24.5. The number of benzene rings is 1. The number of aromatic nitrogens is 3. The molecule has 0 spiro atoms. The van der Waals surface area contributed by atoms with E-state index in [1.807, 2.05) is 50.4 Å². The summed E-state index contributed by atoms with van der Waals surface area (Å²) in [5.41, 5.74) is 7.58. The van der Waals surface area contributed by atoms with Gasteiger partial charge in [-0.25, -0.2) is 4.68 Å². The summed E-state index contributed by atoms with van der Waals surface area (Å²) < 4.78 is 7.95. The number of nitrogens with zero attached hydrogens (tertiary/aromatic N) is 3. The van der Waals surface area contributed by atoms with Crippen molar-refractivity contribution in [2.24, 2.45) is 5.73 Å². The van der Waals surface area contributed by atoms with Gasteiger partial charge < -0.3 is 21.1 Å². The predicted molar refractivity (Wildman–Crippen MR) is 132 cm³/mol. The quantitative estimate of drug-likeness (QED) is 0.417. The van der Waals surface area contributed by atoms with Crippen molar-refractivity contribution in [2.45, 2.75) is 81.6 Å². The van der Waals surface area contributed by atoms with Crippen molar-refractivity contribution in [1.82, 2.24) is 25.6 Å². The number of ether oxygens (including phenoxy) is 1. The van der Waals surface area contributed by atoms with Crippen LogP contribution in [0.5, 0.6) is 0 Å². The molecule has 0 saturated heterocycles. The van der Waals surface area contributed by atoms with Gasteiger partial charge in [0.25, 0.3) is 0 Å². The minimum absolute atomic E-state index is 0.0240. The number of rotatable bonds is 11. The number of amides is 2. The van der Waals surface area contributed by atoms with Gasteiger partial charge in [0.1, 0.15) is 5.69 Å². The van der Waals surface area contributed by atoms with Crippen molar-refractivity contribution >= 4 is 23.6 Å². The van der Waals surface area contributed by atoms with E-state index < -0.39 is 12.1 Å². The summed E-state index contributed by atoms with van der Waals surface area (Å²) in [5, 5.41) is 14.1. The van der Waals surface area contributed by atoms with Crippen molar-refractivity contribution in [3.63, 3.8) is 0 Å². The number of hydrogen-bond donors (Lipinski definition) is 3. The van der Waals surface area contributed by atoms with E-state index >= 15 is 0 Å². The Kier molecular flexibility index (Phi) is 9.67. The maximum absolute atomic E-state index is 12.9. The molecule has 10 heteroatoms. The number of carbonyl (C=O) groups is 2. The zero-order valence-electron chi connectivity index (χ0n) is 19.9. The Balaban J connectivity index is 1.60. The molecule has 0 unspecified atom stereocenters. The van der Waals surface area contributed by atoms with E-state index in [0.717, 1.165) is 17.7 Å². The second kappa shape index (κ2) is 12.7. The largest absolute Gasteiger partial charge is 0.369 e. The van der Waals surface area contributed by atoms with E-state index in [4.69, 9.17) is 10.5 Å². The van der Waals surface area contributed by atoms with E-state index in [0.29, 0.717) is 23.6 Å². The standard InChI is InChI=1S/C24H34N6O3S/c1-4-19(5-2)33-22-12-17(11-21(25)23(22)27-16(3)31)24(32)26-13-18-14-30(29-28-18)15-34-20-9-7-6-8-10-20/h6-10,12,14,19,21-23H,4-5,11,13,15,25H2,1-3H3,(H,26,32)(H,27,31)/t21-,22+,23+/m0/s1. The van der Waals surface area contributed by atoms with Crippen LogP contribution in [-0.4, -0.2) is 51.1 Å². The van der Waals surface area contributed by atoms with Gasteiger partial charge in [-0.2, -0.15) is 0 Å². The first-order chi connectivity index (χ1) is 16.4. The molecule has 9 nitrogen and oxygen atoms in total. The fourth-order valence-corrected chi connectivity index (χ4v) is 4.60. The normalized spacial score (nSPS) is 20.1. The summed E-state index contributed by atoms with van der Waals surface area (Å²) >= 11 is 1.65. The predicted octanol–water partition coefficient (Wildman–Crippen LogP) is 2.38. The molecule has 1 aromatic carbocycles. The lowest BCUT2D eigenvalue weighted by Crippen LogP contribution is -2.57. The molecular formula is C24H34N6O3S. The van der Waals surface area contributed by atoms with Crippen LogP contribution in [0.4, 0.5) is 0 Å². The average Bonchev–Trinajstić information content (AvgIpc) is 3.29. The van der Waals surface area contributed by atoms with E-state index in [-0.39, 0.29) is 30.5 Å². The van der Waals surface area contributed by atoms with Crippen LogP contribution in [0, 0.1) is 0 Å². The number of nitrogens with one attached hydrogen (secondary N) is 2. The van der Waals surface area contributed by atoms with Gasteiger partial charge in [0.15, 0.2) is 0 Å². The maximum atomic E-state index is 12.9. The lowest BCUT2D eigenvalue weighted by Gasteiger charge is -2.36. The third-order valence-corrected chi connectivity index (χ3v) is 6.68. The fraction of sp³-hybridized carbons (Fsp3) is 0.500. The Morgan fingerprint density at radius 1 is 1.26 bits per heavy atom. The number of carbonyl (C=O) groups excluding carboxylic acids is 2. The molecule has 1 aromatic heterocycles. The summed E-state index contributed by atoms with van der Waals surface area (Å²) in [4.78, 5) is 25.7. The van der Waals surface area contributed by atoms with Gasteiger partial charge in [0.05, 0.1) is 36.9 Å². The molecule has 1 aliphatic rings. The SMILES string of the molecule is CCC(CC)O[C@@H]1C=C(C(=O)NCc2cn(CSc3ccccc3)nn2)C[C@H](N)[C@H]1NC(C)=O. The fourth-order valence-electron chi connectivity index (χ4n) is 3.84. The second-order valence-corrected chi connectivity index (χ2v) is 9.36. The van der Waals surface area contributed by atoms with Gasteiger partial charge in [0.2, 0.25) is 11.8 Å². The van der Waals surface area contributed by atoms with E-state index in [1.54, 1.807) is 22.5 Å². The molecule has 2 aromatic rings. The molecule has 3 rings (SSSR count). The van der Waals surface area contributed by atoms with Crippen molar-refractivity contribution in [2.75, 3.05) is 0 Å². The highest BCUT2D eigenvalue weighted by Gasteiger charge is 2.35. The third-order valence-electron chi connectivity index (χ3n) is 5.68. The highest BCUT2D eigenvalue weighted by atomic mass is 32.2. The topological polar surface area (TPSA) is 124 Å². The Morgan fingerprint density at radius 2 is 2.00 bits per heavy atom. The third kappa shape index (κ3) is 7.41. The molecule has 0 aliphatic heterocycles. The molecule has 3 atom stereocenters. The van der Waals surface area contributed by atoms with Crippen molar-refractivity contribution in [1.29, 1.82) is 0 Å². The summed E-state index contributed by atoms with van der Waals surface area (Å²) in [6, 6.07) is 9.25. The first-order valence-electron chi connectivity index (χ1n) is 11.6. The smallest absolute Gasteiger partial charge is 0.247 e. The minimum Gasteiger partial charge on any atom is -0.369 e. The van der Waals surface area contributed by atoms with Gasteiger partial charge in [-0.15, -0.1) is 16.9 Å². The first-order valence-corrected chi connectivity index (χ1v) is 12.6. The number of thioether (sulfide) groups is 1. The molecule has 0 saturated carbocycles. The van der Waals surface area contributed by atoms with Crippen LogP contribution in [0.15, 0.2) is 53.1 Å². The van der Waals surface area contributed by atoms with E-state index in [2.05, 4.69) is 20.9 Å². The molecule has 0 radical (unpaired) electrons.